The number of phenols is 1. The zero-order chi connectivity index (χ0) is 12.3. The van der Waals surface area contributed by atoms with Crippen molar-refractivity contribution in [3.05, 3.63) is 44.6 Å². The summed E-state index contributed by atoms with van der Waals surface area (Å²) < 4.78 is 6.17. The summed E-state index contributed by atoms with van der Waals surface area (Å²) in [6.07, 6.45) is 3.95. The van der Waals surface area contributed by atoms with Gasteiger partial charge in [-0.05, 0) is 45.8 Å². The van der Waals surface area contributed by atoms with Crippen LogP contribution >= 0.6 is 27.3 Å². The Labute approximate surface area is 112 Å². The van der Waals surface area contributed by atoms with Crippen molar-refractivity contribution >= 4 is 39.4 Å². The Hall–Kier alpha value is -1.26. The monoisotopic (exact) mass is 310 g/mol. The van der Waals surface area contributed by atoms with Gasteiger partial charge in [0.25, 0.3) is 0 Å². The highest BCUT2D eigenvalue weighted by atomic mass is 79.9. The Kier molecular flexibility index (Phi) is 3.86. The van der Waals surface area contributed by atoms with Crippen LogP contribution in [-0.4, -0.2) is 12.2 Å². The quantitative estimate of drug-likeness (QED) is 0.910. The molecule has 2 aromatic rings. The van der Waals surface area contributed by atoms with Crippen LogP contribution in [0, 0.1) is 0 Å². The van der Waals surface area contributed by atoms with Crippen LogP contribution in [0.5, 0.6) is 11.5 Å². The number of ether oxygens (including phenoxy) is 1. The van der Waals surface area contributed by atoms with Crippen LogP contribution in [0.1, 0.15) is 10.4 Å². The molecule has 1 heterocycles. The van der Waals surface area contributed by atoms with E-state index in [0.29, 0.717) is 5.75 Å². The van der Waals surface area contributed by atoms with E-state index in [0.717, 1.165) is 14.9 Å². The van der Waals surface area contributed by atoms with Gasteiger partial charge in [-0.15, -0.1) is 11.3 Å². The maximum absolute atomic E-state index is 9.51. The zero-order valence-corrected chi connectivity index (χ0v) is 11.6. The topological polar surface area (TPSA) is 29.5 Å². The largest absolute Gasteiger partial charge is 0.508 e. The Balaban J connectivity index is 2.23. The molecule has 0 spiro atoms. The number of halogens is 1. The first-order chi connectivity index (χ1) is 8.17. The first-order valence-corrected chi connectivity index (χ1v) is 6.65. The normalized spacial score (nSPS) is 10.9. The molecule has 0 aliphatic heterocycles. The Morgan fingerprint density at radius 2 is 2.06 bits per heavy atom. The molecule has 0 bridgehead atoms. The number of hydrogen-bond acceptors (Lipinski definition) is 3. The molecular formula is C13H11BrO2S. The summed E-state index contributed by atoms with van der Waals surface area (Å²) >= 11 is 5.06. The summed E-state index contributed by atoms with van der Waals surface area (Å²) in [6.45, 7) is 0. The fourth-order valence-corrected chi connectivity index (χ4v) is 2.75. The van der Waals surface area contributed by atoms with Gasteiger partial charge in [-0.25, -0.2) is 0 Å². The highest BCUT2D eigenvalue weighted by Crippen LogP contribution is 2.25. The van der Waals surface area contributed by atoms with E-state index in [-0.39, 0.29) is 5.75 Å². The first kappa shape index (κ1) is 12.2. The molecule has 2 rings (SSSR count). The second-order valence-electron chi connectivity index (χ2n) is 3.46. The maximum atomic E-state index is 9.51. The van der Waals surface area contributed by atoms with Crippen LogP contribution < -0.4 is 4.74 Å². The van der Waals surface area contributed by atoms with Gasteiger partial charge in [0, 0.05) is 20.8 Å². The summed E-state index contributed by atoms with van der Waals surface area (Å²) in [5.74, 6) is 0.855. The molecular weight excluding hydrogens is 300 g/mol. The standard InChI is InChI=1S/C13H11BrO2S/c1-16-12-5-9(4-11(15)7-12)2-3-13-6-10(14)8-17-13/h2-8,15H,1H3/b3-2+. The third kappa shape index (κ3) is 3.35. The molecule has 0 fully saturated rings. The van der Waals surface area contributed by atoms with Gasteiger partial charge in [-0.1, -0.05) is 6.08 Å². The van der Waals surface area contributed by atoms with Gasteiger partial charge < -0.3 is 9.84 Å². The van der Waals surface area contributed by atoms with Gasteiger partial charge in [-0.3, -0.25) is 0 Å². The lowest BCUT2D eigenvalue weighted by atomic mass is 10.2. The number of benzene rings is 1. The predicted molar refractivity (Wildman–Crippen MR) is 75.6 cm³/mol. The van der Waals surface area contributed by atoms with Crippen molar-refractivity contribution in [2.45, 2.75) is 0 Å². The molecule has 2 nitrogen and oxygen atoms in total. The molecule has 1 N–H and O–H groups in total. The summed E-state index contributed by atoms with van der Waals surface area (Å²) in [5, 5.41) is 11.5. The molecule has 0 amide bonds. The summed E-state index contributed by atoms with van der Waals surface area (Å²) in [5.41, 5.74) is 0.909. The second-order valence-corrected chi connectivity index (χ2v) is 5.32. The number of hydrogen-bond donors (Lipinski definition) is 1. The van der Waals surface area contributed by atoms with Crippen molar-refractivity contribution in [3.63, 3.8) is 0 Å². The third-order valence-electron chi connectivity index (χ3n) is 2.18. The highest BCUT2D eigenvalue weighted by Gasteiger charge is 1.98. The van der Waals surface area contributed by atoms with E-state index in [2.05, 4.69) is 15.9 Å². The number of thiophene rings is 1. The van der Waals surface area contributed by atoms with E-state index in [1.54, 1.807) is 30.6 Å². The van der Waals surface area contributed by atoms with Gasteiger partial charge in [0.05, 0.1) is 7.11 Å². The lowest BCUT2D eigenvalue weighted by Crippen LogP contribution is -1.83. The van der Waals surface area contributed by atoms with E-state index in [9.17, 15) is 5.11 Å². The molecule has 0 saturated carbocycles. The zero-order valence-electron chi connectivity index (χ0n) is 9.18. The lowest BCUT2D eigenvalue weighted by molar-refractivity contribution is 0.407. The highest BCUT2D eigenvalue weighted by molar-refractivity contribution is 9.10. The number of rotatable bonds is 3. The third-order valence-corrected chi connectivity index (χ3v) is 3.84. The van der Waals surface area contributed by atoms with Crippen LogP contribution in [0.3, 0.4) is 0 Å². The molecule has 0 atom stereocenters. The Morgan fingerprint density at radius 1 is 1.24 bits per heavy atom. The van der Waals surface area contributed by atoms with Gasteiger partial charge in [0.1, 0.15) is 11.5 Å². The van der Waals surface area contributed by atoms with Gasteiger partial charge in [0.15, 0.2) is 0 Å². The lowest BCUT2D eigenvalue weighted by Gasteiger charge is -2.02. The van der Waals surface area contributed by atoms with Crippen molar-refractivity contribution in [3.8, 4) is 11.5 Å². The Morgan fingerprint density at radius 3 is 2.71 bits per heavy atom. The average Bonchev–Trinajstić information content (AvgIpc) is 2.72. The van der Waals surface area contributed by atoms with Crippen molar-refractivity contribution in [2.24, 2.45) is 0 Å². The number of methoxy groups -OCH3 is 1. The summed E-state index contributed by atoms with van der Waals surface area (Å²) in [6, 6.07) is 7.20. The van der Waals surface area contributed by atoms with E-state index in [1.807, 2.05) is 29.7 Å². The molecule has 1 aromatic heterocycles. The fourth-order valence-electron chi connectivity index (χ4n) is 1.41. The molecule has 1 aromatic carbocycles. The van der Waals surface area contributed by atoms with E-state index >= 15 is 0 Å². The molecule has 17 heavy (non-hydrogen) atoms. The second kappa shape index (κ2) is 5.38. The van der Waals surface area contributed by atoms with E-state index in [1.165, 1.54) is 0 Å². The molecule has 0 aliphatic rings. The van der Waals surface area contributed by atoms with Crippen LogP contribution in [-0.2, 0) is 0 Å². The van der Waals surface area contributed by atoms with Crippen molar-refractivity contribution in [1.29, 1.82) is 0 Å². The van der Waals surface area contributed by atoms with Crippen molar-refractivity contribution in [1.82, 2.24) is 0 Å². The maximum Gasteiger partial charge on any atom is 0.123 e. The summed E-state index contributed by atoms with van der Waals surface area (Å²) in [4.78, 5) is 1.15. The van der Waals surface area contributed by atoms with Gasteiger partial charge >= 0.3 is 0 Å². The van der Waals surface area contributed by atoms with Gasteiger partial charge in [-0.2, -0.15) is 0 Å². The van der Waals surface area contributed by atoms with Crippen LogP contribution in [0.2, 0.25) is 0 Å². The first-order valence-electron chi connectivity index (χ1n) is 4.97. The van der Waals surface area contributed by atoms with E-state index < -0.39 is 0 Å². The number of aromatic hydroxyl groups is 1. The van der Waals surface area contributed by atoms with Crippen molar-refractivity contribution < 1.29 is 9.84 Å². The Bertz CT molecular complexity index is 546. The average molecular weight is 311 g/mol. The molecule has 88 valence electrons. The number of phenolic OH excluding ortho intramolecular Hbond substituents is 1. The summed E-state index contributed by atoms with van der Waals surface area (Å²) in [7, 11) is 1.58. The molecule has 0 radical (unpaired) electrons. The predicted octanol–water partition coefficient (Wildman–Crippen LogP) is 4.40. The molecule has 0 unspecified atom stereocenters. The van der Waals surface area contributed by atoms with Crippen LogP contribution in [0.25, 0.3) is 12.2 Å². The van der Waals surface area contributed by atoms with Crippen molar-refractivity contribution in [2.75, 3.05) is 7.11 Å². The smallest absolute Gasteiger partial charge is 0.123 e. The minimum absolute atomic E-state index is 0.205. The van der Waals surface area contributed by atoms with E-state index in [4.69, 9.17) is 4.74 Å². The van der Waals surface area contributed by atoms with Gasteiger partial charge in [0.2, 0.25) is 0 Å². The SMILES string of the molecule is COc1cc(O)cc(/C=C/c2cc(Br)cs2)c1. The minimum atomic E-state index is 0.205. The van der Waals surface area contributed by atoms with Crippen LogP contribution in [0.4, 0.5) is 0 Å². The molecule has 4 heteroatoms. The fraction of sp³-hybridized carbons (Fsp3) is 0.0769. The molecule has 0 aliphatic carbocycles. The minimum Gasteiger partial charge on any atom is -0.508 e. The molecule has 0 saturated heterocycles. The van der Waals surface area contributed by atoms with Crippen LogP contribution in [0.15, 0.2) is 34.1 Å².